The van der Waals surface area contributed by atoms with Gasteiger partial charge in [-0.3, -0.25) is 0 Å². The van der Waals surface area contributed by atoms with E-state index >= 15 is 0 Å². The molecule has 0 fully saturated rings. The number of carboxylic acid groups (broad SMARTS) is 1. The van der Waals surface area contributed by atoms with E-state index in [1.165, 1.54) is 24.6 Å². The summed E-state index contributed by atoms with van der Waals surface area (Å²) in [7, 11) is 0. The van der Waals surface area contributed by atoms with E-state index in [4.69, 9.17) is 14.3 Å². The molecular weight excluding hydrogens is 449 g/mol. The van der Waals surface area contributed by atoms with E-state index in [0.29, 0.717) is 15.5 Å². The number of hydrogen-bond acceptors (Lipinski definition) is 6. The molecule has 0 aliphatic rings. The Balaban J connectivity index is 2.00. The van der Waals surface area contributed by atoms with Crippen LogP contribution < -0.4 is 18.3 Å². The van der Waals surface area contributed by atoms with Crippen LogP contribution in [0.3, 0.4) is 0 Å². The normalized spacial score (nSPS) is 12.0. The van der Waals surface area contributed by atoms with Crippen LogP contribution in [-0.2, 0) is 5.21 Å². The molecule has 0 aliphatic heterocycles. The molecule has 1 unspecified atom stereocenters. The van der Waals surface area contributed by atoms with Crippen LogP contribution in [0.4, 0.5) is 8.78 Å². The number of rotatable bonds is 9. The second-order valence-electron chi connectivity index (χ2n) is 5.69. The number of carboxylic acids is 1. The molecule has 29 heavy (non-hydrogen) atoms. The molecule has 0 saturated carbocycles. The van der Waals surface area contributed by atoms with Crippen molar-refractivity contribution in [3.05, 3.63) is 60.3 Å². The number of pyridine rings is 1. The summed E-state index contributed by atoms with van der Waals surface area (Å²) in [6, 6.07) is 9.57. The van der Waals surface area contributed by atoms with Crippen molar-refractivity contribution >= 4 is 29.5 Å². The molecule has 0 bridgehead atoms. The van der Waals surface area contributed by atoms with Crippen molar-refractivity contribution in [3.8, 4) is 11.6 Å². The zero-order chi connectivity index (χ0) is 20.8. The van der Waals surface area contributed by atoms with E-state index in [1.807, 2.05) is 0 Å². The molecule has 1 atom stereocenters. The number of halogens is 2. The third-order valence-corrected chi connectivity index (χ3v) is 8.74. The molecule has 0 spiro atoms. The average molecular weight is 466 g/mol. The summed E-state index contributed by atoms with van der Waals surface area (Å²) in [5.74, 6) is -0.513. The monoisotopic (exact) mass is 466 g/mol. The Hall–Kier alpha value is -2.93. The Kier molecular flexibility index (Phi) is 6.82. The molecule has 1 N–H and O–H groups in total. The van der Waals surface area contributed by atoms with Crippen molar-refractivity contribution in [2.45, 2.75) is 18.7 Å². The van der Waals surface area contributed by atoms with E-state index < -0.39 is 27.2 Å². The number of oxazole rings is 1. The standard InChI is InChI=1S/C19H17AsF2N2O5/c1-2-27-17-15(29-19(21)22)7-8-16(24-17)20(9-14-10-23-11-28-14)13-5-3-12(4-6-13)18(25)26/h3-8,10-11,19H,2,9H2,1H3,(H,25,26). The van der Waals surface area contributed by atoms with Gasteiger partial charge in [0.25, 0.3) is 0 Å². The molecule has 10 heteroatoms. The Bertz CT molecular complexity index is 952. The molecule has 3 aromatic rings. The number of aromatic nitrogens is 2. The number of aromatic carboxylic acids is 1. The fourth-order valence-corrected chi connectivity index (χ4v) is 6.86. The van der Waals surface area contributed by atoms with Crippen LogP contribution in [0.5, 0.6) is 11.6 Å². The summed E-state index contributed by atoms with van der Waals surface area (Å²) in [4.78, 5) is 19.5. The van der Waals surface area contributed by atoms with Gasteiger partial charge in [-0.15, -0.1) is 0 Å². The van der Waals surface area contributed by atoms with Gasteiger partial charge in [-0.2, -0.15) is 0 Å². The van der Waals surface area contributed by atoms with Crippen molar-refractivity contribution in [2.24, 2.45) is 0 Å². The quantitative estimate of drug-likeness (QED) is 0.483. The molecule has 0 saturated heterocycles. The molecule has 3 rings (SSSR count). The minimum absolute atomic E-state index is 0.00981. The predicted octanol–water partition coefficient (Wildman–Crippen LogP) is 2.16. The fourth-order valence-electron chi connectivity index (χ4n) is 2.56. The zero-order valence-electron chi connectivity index (χ0n) is 15.3. The van der Waals surface area contributed by atoms with Gasteiger partial charge >= 0.3 is 169 Å². The Morgan fingerprint density at radius 1 is 1.24 bits per heavy atom. The first kappa shape index (κ1) is 20.8. The molecular formula is C19H17AsF2N2O5. The number of alkyl halides is 2. The first-order valence-electron chi connectivity index (χ1n) is 8.55. The molecule has 152 valence electrons. The Labute approximate surface area is 169 Å². The van der Waals surface area contributed by atoms with Crippen molar-refractivity contribution in [1.82, 2.24) is 9.97 Å². The summed E-state index contributed by atoms with van der Waals surface area (Å²) in [5, 5.41) is 9.64. The van der Waals surface area contributed by atoms with Crippen LogP contribution in [0.15, 0.2) is 53.4 Å². The molecule has 0 radical (unpaired) electrons. The van der Waals surface area contributed by atoms with E-state index in [-0.39, 0.29) is 23.8 Å². The van der Waals surface area contributed by atoms with Gasteiger partial charge < -0.3 is 0 Å². The van der Waals surface area contributed by atoms with Crippen molar-refractivity contribution in [3.63, 3.8) is 0 Å². The summed E-state index contributed by atoms with van der Waals surface area (Å²) in [6.45, 7) is -1.04. The van der Waals surface area contributed by atoms with Gasteiger partial charge in [-0.05, 0) is 0 Å². The number of carbonyl (C=O) groups is 1. The van der Waals surface area contributed by atoms with Crippen LogP contribution in [0.1, 0.15) is 23.0 Å². The second-order valence-corrected chi connectivity index (χ2v) is 10.2. The molecule has 0 amide bonds. The number of ether oxygens (including phenoxy) is 2. The maximum absolute atomic E-state index is 12.7. The second kappa shape index (κ2) is 9.51. The third kappa shape index (κ3) is 5.32. The van der Waals surface area contributed by atoms with Gasteiger partial charge in [0.2, 0.25) is 0 Å². The van der Waals surface area contributed by atoms with E-state index in [9.17, 15) is 13.6 Å². The molecule has 0 aliphatic carbocycles. The topological polar surface area (TPSA) is 94.7 Å². The number of benzene rings is 1. The van der Waals surface area contributed by atoms with E-state index in [1.54, 1.807) is 31.3 Å². The minimum atomic E-state index is -2.99. The zero-order valence-corrected chi connectivity index (χ0v) is 17.2. The van der Waals surface area contributed by atoms with Crippen molar-refractivity contribution < 1.29 is 32.6 Å². The van der Waals surface area contributed by atoms with Crippen LogP contribution >= 0.6 is 0 Å². The van der Waals surface area contributed by atoms with Crippen LogP contribution in [0.25, 0.3) is 0 Å². The van der Waals surface area contributed by atoms with Gasteiger partial charge in [-0.25, -0.2) is 0 Å². The third-order valence-electron chi connectivity index (χ3n) is 3.81. The van der Waals surface area contributed by atoms with Gasteiger partial charge in [0.1, 0.15) is 0 Å². The molecule has 2 heterocycles. The first-order valence-corrected chi connectivity index (χ1v) is 11.7. The van der Waals surface area contributed by atoms with E-state index in [0.717, 1.165) is 4.35 Å². The van der Waals surface area contributed by atoms with Gasteiger partial charge in [0.05, 0.1) is 0 Å². The summed E-state index contributed by atoms with van der Waals surface area (Å²) in [5.41, 5.74) is 0.172. The average Bonchev–Trinajstić information content (AvgIpc) is 3.21. The van der Waals surface area contributed by atoms with Crippen LogP contribution in [0, 0.1) is 0 Å². The van der Waals surface area contributed by atoms with Crippen molar-refractivity contribution in [2.75, 3.05) is 6.61 Å². The summed E-state index contributed by atoms with van der Waals surface area (Å²) in [6.07, 6.45) is 2.93. The van der Waals surface area contributed by atoms with Gasteiger partial charge in [-0.1, -0.05) is 0 Å². The van der Waals surface area contributed by atoms with E-state index in [2.05, 4.69) is 14.7 Å². The first-order chi connectivity index (χ1) is 14.0. The maximum atomic E-state index is 12.7. The molecule has 7 nitrogen and oxygen atoms in total. The number of hydrogen-bond donors (Lipinski definition) is 1. The summed E-state index contributed by atoms with van der Waals surface area (Å²) < 4.78 is 42.1. The van der Waals surface area contributed by atoms with Crippen LogP contribution in [0.2, 0.25) is 0 Å². The van der Waals surface area contributed by atoms with Crippen LogP contribution in [-0.4, -0.2) is 48.9 Å². The molecule has 1 aromatic carbocycles. The van der Waals surface area contributed by atoms with Gasteiger partial charge in [0, 0.05) is 0 Å². The Morgan fingerprint density at radius 2 is 2.00 bits per heavy atom. The fraction of sp³-hybridized carbons (Fsp3) is 0.211. The predicted molar refractivity (Wildman–Crippen MR) is 101 cm³/mol. The van der Waals surface area contributed by atoms with Crippen molar-refractivity contribution in [1.29, 1.82) is 0 Å². The SMILES string of the molecule is CCOc1nc([As](Cc2cnco2)c2ccc(C(=O)O)cc2)ccc1OC(F)F. The number of nitrogens with zero attached hydrogens (tertiary/aromatic N) is 2. The van der Waals surface area contributed by atoms with Gasteiger partial charge in [0.15, 0.2) is 0 Å². The summed E-state index contributed by atoms with van der Waals surface area (Å²) >= 11 is -2.15. The molecule has 2 aromatic heterocycles. The Morgan fingerprint density at radius 3 is 2.59 bits per heavy atom.